The van der Waals surface area contributed by atoms with Gasteiger partial charge in [0.25, 0.3) is 6.47 Å². The number of benzene rings is 1. The van der Waals surface area contributed by atoms with Crippen LogP contribution in [0.5, 0.6) is 11.5 Å². The predicted octanol–water partition coefficient (Wildman–Crippen LogP) is 3.26. The topological polar surface area (TPSA) is 54.0 Å². The highest BCUT2D eigenvalue weighted by Gasteiger charge is 1.97. The van der Waals surface area contributed by atoms with Gasteiger partial charge in [-0.2, -0.15) is 0 Å². The van der Waals surface area contributed by atoms with Crippen molar-refractivity contribution in [3.05, 3.63) is 24.3 Å². The molecule has 0 aliphatic carbocycles. The standard InChI is InChI=1S/C13H17ClO5/c14-19-18-13-7-5-12(6-8-13)17-10-4-2-1-3-9-16-11-15/h5-8,11H,1-4,9-10H2. The first-order chi connectivity index (χ1) is 9.36. The van der Waals surface area contributed by atoms with E-state index in [0.29, 0.717) is 25.4 Å². The molecule has 1 aromatic carbocycles. The lowest BCUT2D eigenvalue weighted by Crippen LogP contribution is -1.98. The molecule has 106 valence electrons. The molecule has 0 aliphatic rings. The summed E-state index contributed by atoms with van der Waals surface area (Å²) in [5, 5.41) is 0. The van der Waals surface area contributed by atoms with Gasteiger partial charge in [0.2, 0.25) is 0 Å². The maximum absolute atomic E-state index is 9.90. The van der Waals surface area contributed by atoms with Crippen molar-refractivity contribution >= 4 is 18.3 Å². The lowest BCUT2D eigenvalue weighted by atomic mass is 10.2. The number of hydrogen-bond acceptors (Lipinski definition) is 5. The Kier molecular flexibility index (Phi) is 8.59. The maximum Gasteiger partial charge on any atom is 0.293 e. The predicted molar refractivity (Wildman–Crippen MR) is 70.0 cm³/mol. The molecule has 0 bridgehead atoms. The van der Waals surface area contributed by atoms with Crippen molar-refractivity contribution in [1.82, 2.24) is 0 Å². The number of carbonyl (C=O) groups excluding carboxylic acids is 1. The van der Waals surface area contributed by atoms with Crippen molar-refractivity contribution in [2.75, 3.05) is 13.2 Å². The van der Waals surface area contributed by atoms with Crippen molar-refractivity contribution < 1.29 is 23.6 Å². The van der Waals surface area contributed by atoms with Crippen molar-refractivity contribution in [3.8, 4) is 11.5 Å². The first-order valence-corrected chi connectivity index (χ1v) is 6.41. The summed E-state index contributed by atoms with van der Waals surface area (Å²) in [4.78, 5) is 14.5. The Bertz CT molecular complexity index is 341. The highest BCUT2D eigenvalue weighted by molar-refractivity contribution is 6.06. The van der Waals surface area contributed by atoms with Gasteiger partial charge in [-0.1, -0.05) is 4.44 Å². The molecule has 0 heterocycles. The van der Waals surface area contributed by atoms with E-state index in [1.807, 2.05) is 0 Å². The minimum atomic E-state index is 0.478. The third-order valence-corrected chi connectivity index (χ3v) is 2.51. The molecule has 1 aromatic rings. The van der Waals surface area contributed by atoms with Gasteiger partial charge in [0.05, 0.1) is 13.2 Å². The lowest BCUT2D eigenvalue weighted by Gasteiger charge is -2.06. The lowest BCUT2D eigenvalue weighted by molar-refractivity contribution is -0.128. The molecule has 0 fully saturated rings. The second-order valence-corrected chi connectivity index (χ2v) is 3.97. The van der Waals surface area contributed by atoms with Crippen LogP contribution >= 0.6 is 11.9 Å². The second kappa shape index (κ2) is 10.5. The van der Waals surface area contributed by atoms with Gasteiger partial charge < -0.3 is 14.4 Å². The fraction of sp³-hybridized carbons (Fsp3) is 0.462. The van der Waals surface area contributed by atoms with Gasteiger partial charge in [-0.05, 0) is 49.9 Å². The summed E-state index contributed by atoms with van der Waals surface area (Å²) in [6, 6.07) is 6.97. The summed E-state index contributed by atoms with van der Waals surface area (Å²) in [5.41, 5.74) is 0. The molecule has 0 radical (unpaired) electrons. The Balaban J connectivity index is 2.04. The second-order valence-electron chi connectivity index (χ2n) is 3.85. The van der Waals surface area contributed by atoms with E-state index in [4.69, 9.17) is 16.6 Å². The van der Waals surface area contributed by atoms with E-state index < -0.39 is 0 Å². The van der Waals surface area contributed by atoms with Crippen LogP contribution in [0.4, 0.5) is 0 Å². The largest absolute Gasteiger partial charge is 0.494 e. The van der Waals surface area contributed by atoms with Gasteiger partial charge in [0.1, 0.15) is 17.6 Å². The molecule has 19 heavy (non-hydrogen) atoms. The molecule has 1 rings (SSSR count). The number of ether oxygens (including phenoxy) is 2. The van der Waals surface area contributed by atoms with Crippen LogP contribution in [-0.4, -0.2) is 19.7 Å². The van der Waals surface area contributed by atoms with Gasteiger partial charge >= 0.3 is 0 Å². The Hall–Kier alpha value is -1.46. The van der Waals surface area contributed by atoms with E-state index in [1.165, 1.54) is 0 Å². The summed E-state index contributed by atoms with van der Waals surface area (Å²) in [6.45, 7) is 1.63. The Labute approximate surface area is 117 Å². The average Bonchev–Trinajstić information content (AvgIpc) is 2.44. The molecule has 0 aliphatic heterocycles. The van der Waals surface area contributed by atoms with E-state index in [-0.39, 0.29) is 0 Å². The number of hydrogen-bond donors (Lipinski definition) is 0. The van der Waals surface area contributed by atoms with E-state index in [0.717, 1.165) is 31.4 Å². The normalized spacial score (nSPS) is 9.95. The molecular formula is C13H17ClO5. The highest BCUT2D eigenvalue weighted by atomic mass is 35.5. The van der Waals surface area contributed by atoms with Gasteiger partial charge in [0.15, 0.2) is 5.75 Å². The van der Waals surface area contributed by atoms with Crippen LogP contribution in [0.15, 0.2) is 24.3 Å². The third kappa shape index (κ3) is 7.54. The first-order valence-electron chi connectivity index (χ1n) is 6.10. The molecule has 0 N–H and O–H groups in total. The average molecular weight is 289 g/mol. The Morgan fingerprint density at radius 3 is 2.21 bits per heavy atom. The van der Waals surface area contributed by atoms with Crippen molar-refractivity contribution in [2.45, 2.75) is 25.7 Å². The minimum absolute atomic E-state index is 0.478. The summed E-state index contributed by atoms with van der Waals surface area (Å²) in [7, 11) is 0. The van der Waals surface area contributed by atoms with Crippen molar-refractivity contribution in [3.63, 3.8) is 0 Å². The zero-order chi connectivity index (χ0) is 13.8. The summed E-state index contributed by atoms with van der Waals surface area (Å²) in [6.07, 6.45) is 3.92. The number of unbranched alkanes of at least 4 members (excludes halogenated alkanes) is 3. The molecule has 6 heteroatoms. The van der Waals surface area contributed by atoms with Gasteiger partial charge in [-0.25, -0.2) is 0 Å². The minimum Gasteiger partial charge on any atom is -0.494 e. The SMILES string of the molecule is O=COCCCCCCOc1ccc(OOCl)cc1. The number of halogens is 1. The van der Waals surface area contributed by atoms with Crippen LogP contribution in [0.3, 0.4) is 0 Å². The van der Waals surface area contributed by atoms with Crippen LogP contribution in [0.2, 0.25) is 0 Å². The maximum atomic E-state index is 9.90. The van der Waals surface area contributed by atoms with Crippen LogP contribution in [0.1, 0.15) is 25.7 Å². The summed E-state index contributed by atoms with van der Waals surface area (Å²) >= 11 is 4.96. The van der Waals surface area contributed by atoms with E-state index >= 15 is 0 Å². The summed E-state index contributed by atoms with van der Waals surface area (Å²) < 4.78 is 14.2. The van der Waals surface area contributed by atoms with Crippen LogP contribution < -0.4 is 9.62 Å². The first kappa shape index (κ1) is 15.6. The number of rotatable bonds is 11. The molecule has 0 saturated carbocycles. The molecule has 0 saturated heterocycles. The molecule has 0 atom stereocenters. The molecular weight excluding hydrogens is 272 g/mol. The van der Waals surface area contributed by atoms with Crippen LogP contribution in [0.25, 0.3) is 0 Å². The molecule has 0 spiro atoms. The fourth-order valence-electron chi connectivity index (χ4n) is 1.51. The van der Waals surface area contributed by atoms with Crippen molar-refractivity contribution in [2.24, 2.45) is 0 Å². The van der Waals surface area contributed by atoms with Gasteiger partial charge in [-0.3, -0.25) is 4.79 Å². The highest BCUT2D eigenvalue weighted by Crippen LogP contribution is 2.18. The van der Waals surface area contributed by atoms with Gasteiger partial charge in [-0.15, -0.1) is 0 Å². The monoisotopic (exact) mass is 288 g/mol. The van der Waals surface area contributed by atoms with E-state index in [2.05, 4.69) is 14.1 Å². The molecule has 0 unspecified atom stereocenters. The van der Waals surface area contributed by atoms with E-state index in [1.54, 1.807) is 24.3 Å². The third-order valence-electron chi connectivity index (χ3n) is 2.44. The van der Waals surface area contributed by atoms with Crippen LogP contribution in [0, 0.1) is 0 Å². The zero-order valence-electron chi connectivity index (χ0n) is 10.5. The molecule has 5 nitrogen and oxygen atoms in total. The van der Waals surface area contributed by atoms with Crippen molar-refractivity contribution in [1.29, 1.82) is 0 Å². The molecule has 0 aromatic heterocycles. The molecule has 0 amide bonds. The smallest absolute Gasteiger partial charge is 0.293 e. The fourth-order valence-corrected chi connectivity index (χ4v) is 1.58. The Morgan fingerprint density at radius 2 is 1.58 bits per heavy atom. The Morgan fingerprint density at radius 1 is 0.947 bits per heavy atom. The van der Waals surface area contributed by atoms with Crippen LogP contribution in [-0.2, 0) is 14.0 Å². The quantitative estimate of drug-likeness (QED) is 0.271. The zero-order valence-corrected chi connectivity index (χ0v) is 11.3. The van der Waals surface area contributed by atoms with E-state index in [9.17, 15) is 4.79 Å². The summed E-state index contributed by atoms with van der Waals surface area (Å²) in [5.74, 6) is 1.28. The number of carbonyl (C=O) groups is 1. The van der Waals surface area contributed by atoms with Gasteiger partial charge in [0, 0.05) is 0 Å².